The van der Waals surface area contributed by atoms with Crippen molar-refractivity contribution in [3.05, 3.63) is 88.5 Å². The number of pyridine rings is 1. The second kappa shape index (κ2) is 8.54. The minimum absolute atomic E-state index is 0.127. The third-order valence-corrected chi connectivity index (χ3v) is 6.37. The number of nitrogens with one attached hydrogen (secondary N) is 1. The van der Waals surface area contributed by atoms with E-state index in [4.69, 9.17) is 0 Å². The van der Waals surface area contributed by atoms with Crippen LogP contribution in [0.4, 0.5) is 0 Å². The van der Waals surface area contributed by atoms with Crippen LogP contribution in [-0.4, -0.2) is 16.0 Å². The predicted octanol–water partition coefficient (Wildman–Crippen LogP) is 4.91. The number of benzene rings is 1. The zero-order chi connectivity index (χ0) is 19.3. The van der Waals surface area contributed by atoms with Gasteiger partial charge in [0.2, 0.25) is 12.3 Å². The summed E-state index contributed by atoms with van der Waals surface area (Å²) in [5, 5.41) is 7.56. The Balaban J connectivity index is 1.44. The van der Waals surface area contributed by atoms with Crippen LogP contribution in [-0.2, 0) is 12.3 Å². The number of carbonyl (C=O) groups is 1. The lowest BCUT2D eigenvalue weighted by Crippen LogP contribution is -2.37. The Morgan fingerprint density at radius 2 is 2.00 bits per heavy atom. The lowest BCUT2D eigenvalue weighted by atomic mass is 10.2. The number of hydrogen-bond acceptors (Lipinski definition) is 4. The zero-order valence-corrected chi connectivity index (χ0v) is 17.1. The first-order valence-corrected chi connectivity index (χ1v) is 10.8. The van der Waals surface area contributed by atoms with Crippen LogP contribution in [0.2, 0.25) is 0 Å². The van der Waals surface area contributed by atoms with Gasteiger partial charge in [0.1, 0.15) is 0 Å². The van der Waals surface area contributed by atoms with E-state index >= 15 is 0 Å². The second-order valence-corrected chi connectivity index (χ2v) is 8.82. The SMILES string of the molecule is Cc1ccc(C(=O)C[n+]2cccc(-c3cc(CSc4ccccc4)[nH]n3)c2)s1. The predicted molar refractivity (Wildman–Crippen MR) is 114 cm³/mol. The molecule has 0 radical (unpaired) electrons. The van der Waals surface area contributed by atoms with E-state index in [9.17, 15) is 4.79 Å². The molecule has 0 amide bonds. The highest BCUT2D eigenvalue weighted by molar-refractivity contribution is 7.98. The Hall–Kier alpha value is -2.70. The Labute approximate surface area is 172 Å². The van der Waals surface area contributed by atoms with Crippen LogP contribution in [0.5, 0.6) is 0 Å². The van der Waals surface area contributed by atoms with E-state index < -0.39 is 0 Å². The number of aromatic nitrogens is 3. The number of thiophene rings is 1. The Bertz CT molecular complexity index is 1090. The van der Waals surface area contributed by atoms with Crippen molar-refractivity contribution in [3.63, 3.8) is 0 Å². The first-order valence-electron chi connectivity index (χ1n) is 8.98. The highest BCUT2D eigenvalue weighted by atomic mass is 32.2. The van der Waals surface area contributed by atoms with Crippen molar-refractivity contribution in [1.82, 2.24) is 10.2 Å². The van der Waals surface area contributed by atoms with E-state index in [2.05, 4.69) is 28.4 Å². The molecular weight excluding hydrogens is 386 g/mol. The topological polar surface area (TPSA) is 49.6 Å². The molecule has 0 atom stereocenters. The molecule has 0 aliphatic carbocycles. The van der Waals surface area contributed by atoms with Gasteiger partial charge in [-0.25, -0.2) is 0 Å². The highest BCUT2D eigenvalue weighted by Gasteiger charge is 2.15. The number of aromatic amines is 1. The van der Waals surface area contributed by atoms with Crippen LogP contribution >= 0.6 is 23.1 Å². The van der Waals surface area contributed by atoms with Crippen molar-refractivity contribution in [3.8, 4) is 11.3 Å². The number of nitrogens with zero attached hydrogens (tertiary/aromatic N) is 2. The molecule has 140 valence electrons. The van der Waals surface area contributed by atoms with Gasteiger partial charge in [-0.3, -0.25) is 9.89 Å². The van der Waals surface area contributed by atoms with Gasteiger partial charge in [0.05, 0.1) is 16.1 Å². The van der Waals surface area contributed by atoms with Crippen LogP contribution < -0.4 is 4.57 Å². The largest absolute Gasteiger partial charge is 0.286 e. The number of carbonyl (C=O) groups excluding carboxylic acids is 1. The van der Waals surface area contributed by atoms with Gasteiger partial charge >= 0.3 is 0 Å². The van der Waals surface area contributed by atoms with Crippen molar-refractivity contribution in [2.75, 3.05) is 0 Å². The summed E-state index contributed by atoms with van der Waals surface area (Å²) in [7, 11) is 0. The van der Waals surface area contributed by atoms with Gasteiger partial charge in [0.15, 0.2) is 12.4 Å². The maximum atomic E-state index is 12.5. The normalized spacial score (nSPS) is 10.9. The Morgan fingerprint density at radius 1 is 1.14 bits per heavy atom. The molecule has 0 fully saturated rings. The van der Waals surface area contributed by atoms with E-state index in [0.717, 1.165) is 32.5 Å². The molecule has 0 saturated heterocycles. The number of thioether (sulfide) groups is 1. The van der Waals surface area contributed by atoms with Gasteiger partial charge in [-0.2, -0.15) is 9.67 Å². The molecule has 0 unspecified atom stereocenters. The second-order valence-electron chi connectivity index (χ2n) is 6.48. The maximum Gasteiger partial charge on any atom is 0.237 e. The van der Waals surface area contributed by atoms with Crippen LogP contribution in [0.15, 0.2) is 78.0 Å². The van der Waals surface area contributed by atoms with Crippen LogP contribution in [0.25, 0.3) is 11.3 Å². The summed E-state index contributed by atoms with van der Waals surface area (Å²) in [6, 6.07) is 20.2. The smallest absolute Gasteiger partial charge is 0.237 e. The van der Waals surface area contributed by atoms with Gasteiger partial charge in [-0.15, -0.1) is 23.1 Å². The minimum atomic E-state index is 0.127. The fourth-order valence-corrected chi connectivity index (χ4v) is 4.48. The van der Waals surface area contributed by atoms with Gasteiger partial charge < -0.3 is 0 Å². The van der Waals surface area contributed by atoms with Crippen molar-refractivity contribution >= 4 is 28.9 Å². The fourth-order valence-electron chi connectivity index (χ4n) is 2.86. The first-order chi connectivity index (χ1) is 13.7. The van der Waals surface area contributed by atoms with Crippen molar-refractivity contribution in [1.29, 1.82) is 0 Å². The summed E-state index contributed by atoms with van der Waals surface area (Å²) in [4.78, 5) is 15.7. The van der Waals surface area contributed by atoms with E-state index in [1.54, 1.807) is 23.1 Å². The summed E-state index contributed by atoms with van der Waals surface area (Å²) in [5.41, 5.74) is 2.95. The molecule has 4 nitrogen and oxygen atoms in total. The minimum Gasteiger partial charge on any atom is -0.286 e. The first kappa shape index (κ1) is 18.7. The summed E-state index contributed by atoms with van der Waals surface area (Å²) in [6.45, 7) is 2.34. The van der Waals surface area contributed by atoms with Gasteiger partial charge in [-0.05, 0) is 43.3 Å². The molecule has 6 heteroatoms. The average Bonchev–Trinajstić information content (AvgIpc) is 3.37. The molecule has 4 rings (SSSR count). The highest BCUT2D eigenvalue weighted by Crippen LogP contribution is 2.23. The lowest BCUT2D eigenvalue weighted by Gasteiger charge is -1.98. The van der Waals surface area contributed by atoms with Gasteiger partial charge in [0, 0.05) is 27.3 Å². The number of hydrogen-bond donors (Lipinski definition) is 1. The van der Waals surface area contributed by atoms with Crippen molar-refractivity contribution in [2.24, 2.45) is 0 Å². The van der Waals surface area contributed by atoms with Crippen molar-refractivity contribution in [2.45, 2.75) is 24.1 Å². The third kappa shape index (κ3) is 4.58. The third-order valence-electron chi connectivity index (χ3n) is 4.26. The van der Waals surface area contributed by atoms with E-state index in [1.165, 1.54) is 4.90 Å². The average molecular weight is 407 g/mol. The number of H-pyrrole nitrogens is 1. The zero-order valence-electron chi connectivity index (χ0n) is 15.5. The molecule has 4 aromatic rings. The monoisotopic (exact) mass is 406 g/mol. The standard InChI is InChI=1S/C22H20N3OS2/c1-16-9-10-22(28-16)21(26)14-25-11-5-6-17(13-25)20-12-18(23-24-20)15-27-19-7-3-2-4-8-19/h2-13H,14-15H2,1H3,(H,23,24)/q+1. The number of aryl methyl sites for hydroxylation is 1. The maximum absolute atomic E-state index is 12.5. The molecule has 0 spiro atoms. The summed E-state index contributed by atoms with van der Waals surface area (Å²) < 4.78 is 1.92. The molecule has 0 aliphatic heterocycles. The van der Waals surface area contributed by atoms with Gasteiger partial charge in [0.25, 0.3) is 0 Å². The summed E-state index contributed by atoms with van der Waals surface area (Å²) in [6.07, 6.45) is 3.89. The molecule has 3 aromatic heterocycles. The number of rotatable bonds is 7. The molecule has 3 heterocycles. The molecular formula is C22H20N3OS2+. The number of Topliss-reactive ketones (excluding diaryl/α,β-unsaturated/α-hetero) is 1. The molecule has 28 heavy (non-hydrogen) atoms. The lowest BCUT2D eigenvalue weighted by molar-refractivity contribution is -0.682. The van der Waals surface area contributed by atoms with E-state index in [0.29, 0.717) is 6.54 Å². The van der Waals surface area contributed by atoms with Crippen LogP contribution in [0.3, 0.4) is 0 Å². The van der Waals surface area contributed by atoms with Crippen LogP contribution in [0, 0.1) is 6.92 Å². The van der Waals surface area contributed by atoms with Gasteiger partial charge in [-0.1, -0.05) is 18.2 Å². The van der Waals surface area contributed by atoms with Crippen molar-refractivity contribution < 1.29 is 9.36 Å². The van der Waals surface area contributed by atoms with E-state index in [1.807, 2.05) is 66.3 Å². The number of ketones is 1. The quantitative estimate of drug-likeness (QED) is 0.270. The Morgan fingerprint density at radius 3 is 2.79 bits per heavy atom. The molecule has 1 N–H and O–H groups in total. The molecule has 0 aliphatic rings. The molecule has 1 aromatic carbocycles. The van der Waals surface area contributed by atoms with E-state index in [-0.39, 0.29) is 5.78 Å². The fraction of sp³-hybridized carbons (Fsp3) is 0.136. The molecule has 0 saturated carbocycles. The molecule has 0 bridgehead atoms. The van der Waals surface area contributed by atoms with Crippen LogP contribution in [0.1, 0.15) is 20.2 Å². The Kier molecular flexibility index (Phi) is 5.69. The summed E-state index contributed by atoms with van der Waals surface area (Å²) >= 11 is 3.31. The summed E-state index contributed by atoms with van der Waals surface area (Å²) in [5.74, 6) is 0.960.